The van der Waals surface area contributed by atoms with Crippen molar-refractivity contribution in [3.05, 3.63) is 72.1 Å². The standard InChI is InChI=1S/C20H17N5O3/c21-11-9-14-1-7-17(8-2-14)28-13-19(26)23-15-3-5-16(6-4-15)25-12-10-18(24-25)20(22)27/h1-8,10,12H,9,13H2,(H2,22,27)(H,23,26). The van der Waals surface area contributed by atoms with Crippen LogP contribution in [0.15, 0.2) is 60.8 Å². The summed E-state index contributed by atoms with van der Waals surface area (Å²) < 4.78 is 6.96. The SMILES string of the molecule is N#CCc1ccc(OCC(=O)Nc2ccc(-n3ccc(C(N)=O)n3)cc2)cc1. The lowest BCUT2D eigenvalue weighted by atomic mass is 10.2. The molecule has 0 aliphatic rings. The van der Waals surface area contributed by atoms with E-state index in [-0.39, 0.29) is 18.2 Å². The van der Waals surface area contributed by atoms with Crippen LogP contribution in [-0.4, -0.2) is 28.2 Å². The molecule has 3 rings (SSSR count). The number of aromatic nitrogens is 2. The Labute approximate surface area is 161 Å². The minimum absolute atomic E-state index is 0.138. The summed E-state index contributed by atoms with van der Waals surface area (Å²) in [6.45, 7) is -0.138. The van der Waals surface area contributed by atoms with Crippen molar-refractivity contribution in [2.75, 3.05) is 11.9 Å². The fourth-order valence-corrected chi connectivity index (χ4v) is 2.44. The molecule has 0 fully saturated rings. The molecule has 0 bridgehead atoms. The van der Waals surface area contributed by atoms with Crippen LogP contribution in [0.3, 0.4) is 0 Å². The van der Waals surface area contributed by atoms with Gasteiger partial charge >= 0.3 is 0 Å². The van der Waals surface area contributed by atoms with Gasteiger partial charge in [0.05, 0.1) is 18.2 Å². The van der Waals surface area contributed by atoms with Gasteiger partial charge in [-0.15, -0.1) is 0 Å². The second-order valence-electron chi connectivity index (χ2n) is 5.87. The van der Waals surface area contributed by atoms with Crippen molar-refractivity contribution >= 4 is 17.5 Å². The average molecular weight is 375 g/mol. The Hall–Kier alpha value is -4.12. The molecule has 0 atom stereocenters. The van der Waals surface area contributed by atoms with Gasteiger partial charge in [-0.05, 0) is 48.0 Å². The first-order valence-corrected chi connectivity index (χ1v) is 8.39. The predicted octanol–water partition coefficient (Wildman–Crippen LogP) is 2.05. The summed E-state index contributed by atoms with van der Waals surface area (Å²) in [5.41, 5.74) is 7.58. The predicted molar refractivity (Wildman–Crippen MR) is 102 cm³/mol. The van der Waals surface area contributed by atoms with Gasteiger partial charge in [-0.25, -0.2) is 4.68 Å². The third-order valence-corrected chi connectivity index (χ3v) is 3.83. The summed E-state index contributed by atoms with van der Waals surface area (Å²) in [4.78, 5) is 23.1. The maximum Gasteiger partial charge on any atom is 0.269 e. The molecule has 0 saturated heterocycles. The number of hydrogen-bond donors (Lipinski definition) is 2. The molecule has 0 spiro atoms. The smallest absolute Gasteiger partial charge is 0.269 e. The molecule has 28 heavy (non-hydrogen) atoms. The van der Waals surface area contributed by atoms with Crippen LogP contribution in [0.2, 0.25) is 0 Å². The highest BCUT2D eigenvalue weighted by molar-refractivity contribution is 5.92. The summed E-state index contributed by atoms with van der Waals surface area (Å²) in [6, 6.07) is 17.6. The number of nitrogens with zero attached hydrogens (tertiary/aromatic N) is 3. The van der Waals surface area contributed by atoms with Crippen molar-refractivity contribution in [3.8, 4) is 17.5 Å². The van der Waals surface area contributed by atoms with E-state index in [1.807, 2.05) is 0 Å². The van der Waals surface area contributed by atoms with Crippen molar-refractivity contribution in [3.63, 3.8) is 0 Å². The molecule has 2 aromatic carbocycles. The Morgan fingerprint density at radius 1 is 1.11 bits per heavy atom. The van der Waals surface area contributed by atoms with Crippen molar-refractivity contribution in [2.24, 2.45) is 5.73 Å². The minimum atomic E-state index is -0.595. The summed E-state index contributed by atoms with van der Waals surface area (Å²) >= 11 is 0. The zero-order chi connectivity index (χ0) is 19.9. The number of benzene rings is 2. The Bertz CT molecular complexity index is 1020. The van der Waals surface area contributed by atoms with Crippen LogP contribution in [0.4, 0.5) is 5.69 Å². The highest BCUT2D eigenvalue weighted by Gasteiger charge is 2.07. The molecule has 2 amide bonds. The number of anilines is 1. The largest absolute Gasteiger partial charge is 0.484 e. The fourth-order valence-electron chi connectivity index (χ4n) is 2.44. The zero-order valence-corrected chi connectivity index (χ0v) is 14.8. The normalized spacial score (nSPS) is 10.1. The molecule has 8 nitrogen and oxygen atoms in total. The summed E-state index contributed by atoms with van der Waals surface area (Å²) in [5, 5.41) is 15.5. The topological polar surface area (TPSA) is 123 Å². The highest BCUT2D eigenvalue weighted by Crippen LogP contribution is 2.15. The molecule has 1 aromatic heterocycles. The van der Waals surface area contributed by atoms with Gasteiger partial charge in [-0.3, -0.25) is 9.59 Å². The van der Waals surface area contributed by atoms with E-state index in [0.29, 0.717) is 17.9 Å². The van der Waals surface area contributed by atoms with E-state index in [2.05, 4.69) is 16.5 Å². The maximum absolute atomic E-state index is 12.0. The van der Waals surface area contributed by atoms with Crippen LogP contribution in [0.25, 0.3) is 5.69 Å². The molecule has 0 radical (unpaired) electrons. The monoisotopic (exact) mass is 375 g/mol. The van der Waals surface area contributed by atoms with Gasteiger partial charge in [0, 0.05) is 11.9 Å². The molecule has 0 aliphatic carbocycles. The summed E-state index contributed by atoms with van der Waals surface area (Å²) in [7, 11) is 0. The number of hydrogen-bond acceptors (Lipinski definition) is 5. The second-order valence-corrected chi connectivity index (χ2v) is 5.87. The van der Waals surface area contributed by atoms with E-state index in [9.17, 15) is 9.59 Å². The van der Waals surface area contributed by atoms with Gasteiger partial charge in [0.25, 0.3) is 11.8 Å². The quantitative estimate of drug-likeness (QED) is 0.654. The van der Waals surface area contributed by atoms with Gasteiger partial charge in [-0.1, -0.05) is 12.1 Å². The molecule has 1 heterocycles. The number of nitrogens with two attached hydrogens (primary N) is 1. The first kappa shape index (κ1) is 18.7. The van der Waals surface area contributed by atoms with Crippen molar-refractivity contribution in [1.82, 2.24) is 9.78 Å². The van der Waals surface area contributed by atoms with E-state index in [4.69, 9.17) is 15.7 Å². The third kappa shape index (κ3) is 4.74. The van der Waals surface area contributed by atoms with Crippen LogP contribution in [-0.2, 0) is 11.2 Å². The number of ether oxygens (including phenoxy) is 1. The Morgan fingerprint density at radius 2 is 1.82 bits per heavy atom. The number of nitriles is 1. The van der Waals surface area contributed by atoms with E-state index < -0.39 is 5.91 Å². The van der Waals surface area contributed by atoms with Crippen molar-refractivity contribution in [2.45, 2.75) is 6.42 Å². The van der Waals surface area contributed by atoms with E-state index in [0.717, 1.165) is 11.3 Å². The van der Waals surface area contributed by atoms with Crippen LogP contribution in [0, 0.1) is 11.3 Å². The van der Waals surface area contributed by atoms with Crippen LogP contribution >= 0.6 is 0 Å². The van der Waals surface area contributed by atoms with Gasteiger partial charge in [0.2, 0.25) is 0 Å². The lowest BCUT2D eigenvalue weighted by Crippen LogP contribution is -2.20. The van der Waals surface area contributed by atoms with E-state index in [1.54, 1.807) is 54.7 Å². The zero-order valence-electron chi connectivity index (χ0n) is 14.8. The molecule has 3 aromatic rings. The van der Waals surface area contributed by atoms with Crippen molar-refractivity contribution < 1.29 is 14.3 Å². The lowest BCUT2D eigenvalue weighted by Gasteiger charge is -2.09. The number of carbonyl (C=O) groups excluding carboxylic acids is 2. The summed E-state index contributed by atoms with van der Waals surface area (Å²) in [6.07, 6.45) is 1.96. The van der Waals surface area contributed by atoms with E-state index >= 15 is 0 Å². The first-order chi connectivity index (χ1) is 13.5. The lowest BCUT2D eigenvalue weighted by molar-refractivity contribution is -0.118. The Morgan fingerprint density at radius 3 is 2.43 bits per heavy atom. The summed E-state index contributed by atoms with van der Waals surface area (Å²) in [5.74, 6) is -0.345. The van der Waals surface area contributed by atoms with Crippen molar-refractivity contribution in [1.29, 1.82) is 5.26 Å². The molecule has 140 valence electrons. The Kier molecular flexibility index (Phi) is 5.67. The molecule has 8 heteroatoms. The fraction of sp³-hybridized carbons (Fsp3) is 0.100. The molecule has 3 N–H and O–H groups in total. The van der Waals surface area contributed by atoms with Crippen LogP contribution in [0.1, 0.15) is 16.1 Å². The van der Waals surface area contributed by atoms with E-state index in [1.165, 1.54) is 10.7 Å². The van der Waals surface area contributed by atoms with Crippen LogP contribution < -0.4 is 15.8 Å². The number of amides is 2. The number of primary amides is 1. The minimum Gasteiger partial charge on any atom is -0.484 e. The maximum atomic E-state index is 12.0. The number of nitrogens with one attached hydrogen (secondary N) is 1. The molecular weight excluding hydrogens is 358 g/mol. The molecule has 0 unspecified atom stereocenters. The second kappa shape index (κ2) is 8.51. The van der Waals surface area contributed by atoms with Gasteiger partial charge < -0.3 is 15.8 Å². The molecule has 0 aliphatic heterocycles. The highest BCUT2D eigenvalue weighted by atomic mass is 16.5. The van der Waals surface area contributed by atoms with Gasteiger partial charge in [0.1, 0.15) is 11.4 Å². The third-order valence-electron chi connectivity index (χ3n) is 3.83. The number of carbonyl (C=O) groups is 2. The first-order valence-electron chi connectivity index (χ1n) is 8.39. The van der Waals surface area contributed by atoms with Gasteiger partial charge in [-0.2, -0.15) is 10.4 Å². The van der Waals surface area contributed by atoms with Crippen LogP contribution in [0.5, 0.6) is 5.75 Å². The molecular formula is C20H17N5O3. The average Bonchev–Trinajstić information content (AvgIpc) is 3.19. The molecule has 0 saturated carbocycles. The van der Waals surface area contributed by atoms with Gasteiger partial charge in [0.15, 0.2) is 6.61 Å². The number of rotatable bonds is 7. The Balaban J connectivity index is 1.54.